The topological polar surface area (TPSA) is 3.24 Å². The maximum Gasteiger partial charge on any atom is 0.0540 e. The van der Waals surface area contributed by atoms with Crippen LogP contribution in [0.4, 0.5) is 17.1 Å². The van der Waals surface area contributed by atoms with E-state index >= 15 is 0 Å². The first kappa shape index (κ1) is 32.7. The Kier molecular flexibility index (Phi) is 7.41. The van der Waals surface area contributed by atoms with Crippen molar-refractivity contribution in [3.63, 3.8) is 0 Å². The van der Waals surface area contributed by atoms with E-state index in [4.69, 9.17) is 0 Å². The van der Waals surface area contributed by atoms with Gasteiger partial charge in [0.15, 0.2) is 0 Å². The summed E-state index contributed by atoms with van der Waals surface area (Å²) in [6.45, 7) is 4.72. The van der Waals surface area contributed by atoms with Crippen molar-refractivity contribution >= 4 is 38.6 Å². The number of anilines is 3. The van der Waals surface area contributed by atoms with Crippen LogP contribution in [0.1, 0.15) is 47.2 Å². The maximum absolute atomic E-state index is 2.47. The van der Waals surface area contributed by atoms with Crippen molar-refractivity contribution in [2.75, 3.05) is 4.90 Å². The molecular formula is C55H41N. The smallest absolute Gasteiger partial charge is 0.0540 e. The van der Waals surface area contributed by atoms with Gasteiger partial charge in [-0.05, 0) is 132 Å². The van der Waals surface area contributed by atoms with E-state index in [0.29, 0.717) is 0 Å². The molecule has 1 heteroatoms. The molecule has 0 atom stereocenters. The average Bonchev–Trinajstić information content (AvgIpc) is 3.47. The van der Waals surface area contributed by atoms with Crippen LogP contribution >= 0.6 is 0 Å². The fourth-order valence-corrected chi connectivity index (χ4v) is 9.81. The number of benzene rings is 9. The van der Waals surface area contributed by atoms with Crippen LogP contribution in [-0.2, 0) is 18.3 Å². The van der Waals surface area contributed by atoms with Crippen LogP contribution in [0, 0.1) is 0 Å². The summed E-state index contributed by atoms with van der Waals surface area (Å²) in [5.74, 6) is 0. The standard InChI is InChI=1S/C55H41N/c1-55(2)50-23-7-6-21-47(50)48-30-26-40(35-51(48)55)39-16-10-20-46(34-39)56(45-28-24-37(25-29-45)36-12-4-3-5-13-36)52-31-27-44-33-42-18-9-15-38-14-8-17-41(53(38)42)32-43-19-11-22-49(52)54(43)44/h3-31,34-35H,32-33H2,1-2H3. The predicted molar refractivity (Wildman–Crippen MR) is 237 cm³/mol. The van der Waals surface area contributed by atoms with Crippen molar-refractivity contribution in [3.8, 4) is 33.4 Å². The predicted octanol–water partition coefficient (Wildman–Crippen LogP) is 14.6. The fourth-order valence-electron chi connectivity index (χ4n) is 9.81. The highest BCUT2D eigenvalue weighted by atomic mass is 15.1. The quantitative estimate of drug-likeness (QED) is 0.171. The van der Waals surface area contributed by atoms with Crippen LogP contribution < -0.4 is 4.90 Å². The molecule has 11 rings (SSSR count). The van der Waals surface area contributed by atoms with Gasteiger partial charge in [0.05, 0.1) is 5.69 Å². The summed E-state index contributed by atoms with van der Waals surface area (Å²) in [4.78, 5) is 2.47. The highest BCUT2D eigenvalue weighted by Crippen LogP contribution is 2.50. The van der Waals surface area contributed by atoms with Crippen LogP contribution in [0.5, 0.6) is 0 Å². The zero-order valence-corrected chi connectivity index (χ0v) is 31.8. The van der Waals surface area contributed by atoms with Crippen LogP contribution in [0.2, 0.25) is 0 Å². The molecule has 0 fully saturated rings. The molecule has 56 heavy (non-hydrogen) atoms. The zero-order chi connectivity index (χ0) is 37.4. The van der Waals surface area contributed by atoms with Crippen molar-refractivity contribution in [2.45, 2.75) is 32.1 Å². The number of fused-ring (bicyclic) bond motifs is 3. The van der Waals surface area contributed by atoms with Gasteiger partial charge >= 0.3 is 0 Å². The number of nitrogens with zero attached hydrogens (tertiary/aromatic N) is 1. The van der Waals surface area contributed by atoms with Gasteiger partial charge in [-0.3, -0.25) is 0 Å². The molecule has 0 unspecified atom stereocenters. The normalized spacial score (nSPS) is 13.5. The molecule has 0 N–H and O–H groups in total. The number of hydrogen-bond donors (Lipinski definition) is 0. The van der Waals surface area contributed by atoms with E-state index < -0.39 is 0 Å². The zero-order valence-electron chi connectivity index (χ0n) is 31.8. The van der Waals surface area contributed by atoms with Crippen molar-refractivity contribution in [2.24, 2.45) is 0 Å². The molecule has 0 aromatic heterocycles. The SMILES string of the molecule is CC1(C)c2ccccc2-c2ccc(-c3cccc(N(c4ccc(-c5ccccc5)cc4)c4ccc5c6c(cccc46)Cc4cccc6cccc(c46)C5)c3)cc21. The Bertz CT molecular complexity index is 2940. The number of rotatable bonds is 5. The minimum absolute atomic E-state index is 0.0565. The lowest BCUT2D eigenvalue weighted by molar-refractivity contribution is 0.660. The Morgan fingerprint density at radius 3 is 1.77 bits per heavy atom. The van der Waals surface area contributed by atoms with E-state index in [2.05, 4.69) is 207 Å². The molecule has 0 aliphatic heterocycles. The summed E-state index contributed by atoms with van der Waals surface area (Å²) in [5.41, 5.74) is 19.4. The first-order valence-corrected chi connectivity index (χ1v) is 19.8. The molecule has 9 aromatic rings. The van der Waals surface area contributed by atoms with Crippen molar-refractivity contribution in [1.29, 1.82) is 0 Å². The molecular weight excluding hydrogens is 675 g/mol. The Morgan fingerprint density at radius 1 is 0.393 bits per heavy atom. The summed E-state index contributed by atoms with van der Waals surface area (Å²) >= 11 is 0. The largest absolute Gasteiger partial charge is 0.310 e. The molecule has 1 nitrogen and oxygen atoms in total. The third-order valence-corrected chi connectivity index (χ3v) is 12.5. The molecule has 9 aromatic carbocycles. The Morgan fingerprint density at radius 2 is 0.982 bits per heavy atom. The molecule has 2 aliphatic rings. The first-order valence-electron chi connectivity index (χ1n) is 19.8. The second-order valence-electron chi connectivity index (χ2n) is 16.1. The van der Waals surface area contributed by atoms with Crippen molar-refractivity contribution in [1.82, 2.24) is 0 Å². The summed E-state index contributed by atoms with van der Waals surface area (Å²) in [5, 5.41) is 5.39. The minimum atomic E-state index is -0.0565. The van der Waals surface area contributed by atoms with Crippen molar-refractivity contribution < 1.29 is 0 Å². The van der Waals surface area contributed by atoms with Gasteiger partial charge in [0, 0.05) is 22.2 Å². The fraction of sp³-hybridized carbons (Fsp3) is 0.0909. The van der Waals surface area contributed by atoms with Gasteiger partial charge in [0.2, 0.25) is 0 Å². The van der Waals surface area contributed by atoms with Crippen LogP contribution in [0.25, 0.3) is 54.9 Å². The van der Waals surface area contributed by atoms with Crippen LogP contribution in [-0.4, -0.2) is 0 Å². The molecule has 0 radical (unpaired) electrons. The Labute approximate surface area is 329 Å². The van der Waals surface area contributed by atoms with E-state index in [-0.39, 0.29) is 5.41 Å². The van der Waals surface area contributed by atoms with Crippen LogP contribution in [0.3, 0.4) is 0 Å². The molecule has 0 saturated carbocycles. The second kappa shape index (κ2) is 12.7. The summed E-state index contributed by atoms with van der Waals surface area (Å²) < 4.78 is 0. The molecule has 0 bridgehead atoms. The van der Waals surface area contributed by atoms with Crippen LogP contribution in [0.15, 0.2) is 188 Å². The lowest BCUT2D eigenvalue weighted by atomic mass is 9.81. The molecule has 0 amide bonds. The average molecular weight is 716 g/mol. The lowest BCUT2D eigenvalue weighted by Crippen LogP contribution is -2.14. The van der Waals surface area contributed by atoms with E-state index in [1.165, 1.54) is 94.0 Å². The molecule has 0 spiro atoms. The molecule has 0 saturated heterocycles. The maximum atomic E-state index is 2.47. The Hall–Kier alpha value is -6.70. The van der Waals surface area contributed by atoms with Gasteiger partial charge in [0.25, 0.3) is 0 Å². The van der Waals surface area contributed by atoms with Crippen molar-refractivity contribution in [3.05, 3.63) is 221 Å². The highest BCUT2D eigenvalue weighted by molar-refractivity contribution is 6.04. The van der Waals surface area contributed by atoms with Gasteiger partial charge in [-0.2, -0.15) is 0 Å². The summed E-state index contributed by atoms with van der Waals surface area (Å²) in [6.07, 6.45) is 1.81. The van der Waals surface area contributed by atoms with E-state index in [1.807, 2.05) is 0 Å². The first-order chi connectivity index (χ1) is 27.5. The molecule has 2 aliphatic carbocycles. The van der Waals surface area contributed by atoms with Gasteiger partial charge in [-0.1, -0.05) is 166 Å². The number of hydrogen-bond acceptors (Lipinski definition) is 1. The third kappa shape index (κ3) is 5.15. The van der Waals surface area contributed by atoms with E-state index in [0.717, 1.165) is 24.2 Å². The minimum Gasteiger partial charge on any atom is -0.310 e. The monoisotopic (exact) mass is 715 g/mol. The van der Waals surface area contributed by atoms with E-state index in [1.54, 1.807) is 0 Å². The molecule has 266 valence electrons. The van der Waals surface area contributed by atoms with Gasteiger partial charge in [-0.15, -0.1) is 0 Å². The summed E-state index contributed by atoms with van der Waals surface area (Å²) in [7, 11) is 0. The second-order valence-corrected chi connectivity index (χ2v) is 16.1. The van der Waals surface area contributed by atoms with E-state index in [9.17, 15) is 0 Å². The van der Waals surface area contributed by atoms with Gasteiger partial charge < -0.3 is 4.90 Å². The molecule has 0 heterocycles. The third-order valence-electron chi connectivity index (χ3n) is 12.5. The Balaban J connectivity index is 1.08. The highest BCUT2D eigenvalue weighted by Gasteiger charge is 2.35. The van der Waals surface area contributed by atoms with Gasteiger partial charge in [0.1, 0.15) is 0 Å². The summed E-state index contributed by atoms with van der Waals surface area (Å²) in [6, 6.07) is 70.2. The lowest BCUT2D eigenvalue weighted by Gasteiger charge is -2.29. The van der Waals surface area contributed by atoms with Gasteiger partial charge in [-0.25, -0.2) is 0 Å².